The van der Waals surface area contributed by atoms with E-state index in [2.05, 4.69) is 16.5 Å². The molecular weight excluding hydrogens is 262 g/mol. The normalized spacial score (nSPS) is 10.2. The second-order valence-corrected chi connectivity index (χ2v) is 4.94. The Morgan fingerprint density at radius 1 is 1.05 bits per heavy atom. The van der Waals surface area contributed by atoms with Crippen LogP contribution in [0.5, 0.6) is 0 Å². The highest BCUT2D eigenvalue weighted by atomic mass is 16.2. The van der Waals surface area contributed by atoms with Crippen molar-refractivity contribution in [3.05, 3.63) is 71.8 Å². The van der Waals surface area contributed by atoms with Crippen LogP contribution in [-0.4, -0.2) is 20.8 Å². The lowest BCUT2D eigenvalue weighted by molar-refractivity contribution is -0.127. The lowest BCUT2D eigenvalue weighted by Crippen LogP contribution is -2.29. The Morgan fingerprint density at radius 3 is 1.90 bits per heavy atom. The maximum Gasteiger partial charge on any atom is 0.246 e. The Kier molecular flexibility index (Phi) is 4.82. The van der Waals surface area contributed by atoms with Gasteiger partial charge in [-0.1, -0.05) is 18.7 Å². The molecule has 0 fully saturated rings. The smallest absolute Gasteiger partial charge is 0.246 e. The Balaban J connectivity index is 2.18. The van der Waals surface area contributed by atoms with Gasteiger partial charge in [-0.25, -0.2) is 0 Å². The number of hydrogen-bond acceptors (Lipinski definition) is 3. The highest BCUT2D eigenvalue weighted by Crippen LogP contribution is 2.09. The first-order valence-corrected chi connectivity index (χ1v) is 6.85. The number of pyridine rings is 2. The van der Waals surface area contributed by atoms with Gasteiger partial charge < -0.3 is 4.90 Å². The largest absolute Gasteiger partial charge is 0.327 e. The van der Waals surface area contributed by atoms with Crippen molar-refractivity contribution in [1.29, 1.82) is 0 Å². The summed E-state index contributed by atoms with van der Waals surface area (Å²) >= 11 is 0. The summed E-state index contributed by atoms with van der Waals surface area (Å²) in [6.45, 7) is 8.33. The van der Waals surface area contributed by atoms with E-state index in [-0.39, 0.29) is 5.91 Å². The highest BCUT2D eigenvalue weighted by Gasteiger charge is 2.13. The molecule has 0 bridgehead atoms. The highest BCUT2D eigenvalue weighted by molar-refractivity contribution is 5.86. The Hall–Kier alpha value is -2.49. The van der Waals surface area contributed by atoms with Crippen molar-refractivity contribution < 1.29 is 4.79 Å². The van der Waals surface area contributed by atoms with E-state index in [0.717, 1.165) is 22.8 Å². The van der Waals surface area contributed by atoms with Gasteiger partial charge >= 0.3 is 0 Å². The molecule has 0 aliphatic carbocycles. The van der Waals surface area contributed by atoms with Crippen LogP contribution in [0.25, 0.3) is 0 Å². The lowest BCUT2D eigenvalue weighted by Gasteiger charge is -2.20. The fourth-order valence-electron chi connectivity index (χ4n) is 2.11. The van der Waals surface area contributed by atoms with Crippen LogP contribution in [0.15, 0.2) is 49.1 Å². The van der Waals surface area contributed by atoms with Crippen LogP contribution < -0.4 is 0 Å². The van der Waals surface area contributed by atoms with E-state index in [4.69, 9.17) is 0 Å². The molecule has 0 aliphatic rings. The number of aromatic nitrogens is 2. The van der Waals surface area contributed by atoms with E-state index in [9.17, 15) is 4.79 Å². The van der Waals surface area contributed by atoms with Crippen LogP contribution in [0.4, 0.5) is 0 Å². The lowest BCUT2D eigenvalue weighted by atomic mass is 10.2. The molecule has 0 saturated heterocycles. The molecule has 1 amide bonds. The zero-order valence-electron chi connectivity index (χ0n) is 12.4. The van der Waals surface area contributed by atoms with Gasteiger partial charge in [0.15, 0.2) is 0 Å². The second kappa shape index (κ2) is 6.79. The van der Waals surface area contributed by atoms with E-state index in [0.29, 0.717) is 13.1 Å². The molecule has 108 valence electrons. The van der Waals surface area contributed by atoms with Crippen molar-refractivity contribution in [2.75, 3.05) is 0 Å². The predicted molar refractivity (Wildman–Crippen MR) is 82.4 cm³/mol. The van der Waals surface area contributed by atoms with Gasteiger partial charge in [-0.15, -0.1) is 0 Å². The van der Waals surface area contributed by atoms with E-state index >= 15 is 0 Å². The van der Waals surface area contributed by atoms with Gasteiger partial charge in [0.1, 0.15) is 0 Å². The van der Waals surface area contributed by atoms with Crippen LogP contribution in [0, 0.1) is 13.8 Å². The van der Waals surface area contributed by atoms with Crippen LogP contribution >= 0.6 is 0 Å². The number of carbonyl (C=O) groups is 1. The summed E-state index contributed by atoms with van der Waals surface area (Å²) in [4.78, 5) is 22.6. The minimum Gasteiger partial charge on any atom is -0.327 e. The third-order valence-electron chi connectivity index (χ3n) is 3.08. The van der Waals surface area contributed by atoms with Crippen molar-refractivity contribution in [3.8, 4) is 0 Å². The molecule has 2 aromatic rings. The van der Waals surface area contributed by atoms with E-state index in [1.807, 2.05) is 50.2 Å². The van der Waals surface area contributed by atoms with Crippen molar-refractivity contribution >= 4 is 5.91 Å². The number of hydrogen-bond donors (Lipinski definition) is 0. The predicted octanol–water partition coefficient (Wildman–Crippen LogP) is 2.81. The van der Waals surface area contributed by atoms with E-state index in [1.165, 1.54) is 6.08 Å². The number of aryl methyl sites for hydroxylation is 2. The molecule has 0 radical (unpaired) electrons. The zero-order valence-corrected chi connectivity index (χ0v) is 12.4. The molecule has 0 aromatic carbocycles. The Morgan fingerprint density at radius 2 is 1.52 bits per heavy atom. The minimum absolute atomic E-state index is 0.124. The van der Waals surface area contributed by atoms with Gasteiger partial charge in [-0.3, -0.25) is 14.8 Å². The average molecular weight is 281 g/mol. The number of rotatable bonds is 5. The van der Waals surface area contributed by atoms with Crippen LogP contribution in [-0.2, 0) is 17.9 Å². The summed E-state index contributed by atoms with van der Waals surface area (Å²) in [7, 11) is 0. The molecule has 0 saturated carbocycles. The topological polar surface area (TPSA) is 46.1 Å². The van der Waals surface area contributed by atoms with E-state index in [1.54, 1.807) is 4.90 Å². The summed E-state index contributed by atoms with van der Waals surface area (Å²) in [5.41, 5.74) is 3.59. The summed E-state index contributed by atoms with van der Waals surface area (Å²) < 4.78 is 0. The van der Waals surface area contributed by atoms with Crippen molar-refractivity contribution in [3.63, 3.8) is 0 Å². The second-order valence-electron chi connectivity index (χ2n) is 4.94. The maximum atomic E-state index is 12.0. The minimum atomic E-state index is -0.124. The van der Waals surface area contributed by atoms with Gasteiger partial charge in [-0.05, 0) is 44.2 Å². The molecular formula is C17H19N3O. The molecule has 4 heteroatoms. The first kappa shape index (κ1) is 14.9. The molecule has 4 nitrogen and oxygen atoms in total. The summed E-state index contributed by atoms with van der Waals surface area (Å²) in [6, 6.07) is 11.6. The van der Waals surface area contributed by atoms with Crippen molar-refractivity contribution in [2.24, 2.45) is 0 Å². The molecule has 0 atom stereocenters. The van der Waals surface area contributed by atoms with Gasteiger partial charge in [0.05, 0.1) is 24.5 Å². The van der Waals surface area contributed by atoms with Crippen LogP contribution in [0.1, 0.15) is 22.8 Å². The molecule has 21 heavy (non-hydrogen) atoms. The molecule has 0 unspecified atom stereocenters. The molecule has 2 rings (SSSR count). The maximum absolute atomic E-state index is 12.0. The SMILES string of the molecule is C=CC(=O)N(Cc1cccc(C)n1)Cc1cccc(C)n1. The number of amides is 1. The molecule has 2 heterocycles. The number of carbonyl (C=O) groups excluding carboxylic acids is 1. The quantitative estimate of drug-likeness (QED) is 0.792. The monoisotopic (exact) mass is 281 g/mol. The van der Waals surface area contributed by atoms with Crippen LogP contribution in [0.3, 0.4) is 0 Å². The molecule has 0 aliphatic heterocycles. The van der Waals surface area contributed by atoms with Gasteiger partial charge in [0.25, 0.3) is 0 Å². The van der Waals surface area contributed by atoms with E-state index < -0.39 is 0 Å². The molecule has 2 aromatic heterocycles. The summed E-state index contributed by atoms with van der Waals surface area (Å²) in [5.74, 6) is -0.124. The van der Waals surface area contributed by atoms with Crippen molar-refractivity contribution in [2.45, 2.75) is 26.9 Å². The Bertz CT molecular complexity index is 604. The Labute approximate surface area is 125 Å². The third kappa shape index (κ3) is 4.24. The van der Waals surface area contributed by atoms with Crippen molar-refractivity contribution in [1.82, 2.24) is 14.9 Å². The summed E-state index contributed by atoms with van der Waals surface area (Å²) in [5, 5.41) is 0. The summed E-state index contributed by atoms with van der Waals surface area (Å²) in [6.07, 6.45) is 1.32. The standard InChI is InChI=1S/C17H19N3O/c1-4-17(21)20(11-15-9-5-7-13(2)18-15)12-16-10-6-8-14(3)19-16/h4-10H,1,11-12H2,2-3H3. The van der Waals surface area contributed by atoms with Gasteiger partial charge in [0.2, 0.25) is 5.91 Å². The van der Waals surface area contributed by atoms with Gasteiger partial charge in [0, 0.05) is 11.4 Å². The van der Waals surface area contributed by atoms with Gasteiger partial charge in [-0.2, -0.15) is 0 Å². The first-order chi connectivity index (χ1) is 10.1. The number of nitrogens with zero attached hydrogens (tertiary/aromatic N) is 3. The average Bonchev–Trinajstić information content (AvgIpc) is 2.46. The molecule has 0 spiro atoms. The molecule has 0 N–H and O–H groups in total. The van der Waals surface area contributed by atoms with Crippen LogP contribution in [0.2, 0.25) is 0 Å². The third-order valence-corrected chi connectivity index (χ3v) is 3.08. The fourth-order valence-corrected chi connectivity index (χ4v) is 2.11. The zero-order chi connectivity index (χ0) is 15.2. The first-order valence-electron chi connectivity index (χ1n) is 6.85. The fraction of sp³-hybridized carbons (Fsp3) is 0.235.